The summed E-state index contributed by atoms with van der Waals surface area (Å²) >= 11 is 0. The zero-order valence-electron chi connectivity index (χ0n) is 4.41. The molecule has 0 atom stereocenters. The largest absolute Gasteiger partial charge is 2.00 e. The van der Waals surface area contributed by atoms with E-state index in [9.17, 15) is 0 Å². The Morgan fingerprint density at radius 1 is 1.00 bits per heavy atom. The summed E-state index contributed by atoms with van der Waals surface area (Å²) in [5, 5.41) is 0. The molecule has 24 valence electrons. The second kappa shape index (κ2) is 29.4. The molecule has 0 amide bonds. The van der Waals surface area contributed by atoms with Crippen molar-refractivity contribution < 1.29 is 13.8 Å². The van der Waals surface area contributed by atoms with Gasteiger partial charge in [0.2, 0.25) is 0 Å². The van der Waals surface area contributed by atoms with Crippen molar-refractivity contribution in [3.8, 4) is 0 Å². The standard InChI is InChI=1S/Al.Mg.2H2O.3H/h;;2*1H2;;;/q;+2;;;;2*-1. The molecule has 4 heavy (non-hydrogen) atoms. The van der Waals surface area contributed by atoms with Gasteiger partial charge in [-0.3, -0.25) is 0 Å². The third-order valence-electron chi connectivity index (χ3n) is 0. The van der Waals surface area contributed by atoms with Gasteiger partial charge in [0, 0.05) is 0 Å². The third kappa shape index (κ3) is 10.7. The Kier molecular flexibility index (Phi) is 460. The summed E-state index contributed by atoms with van der Waals surface area (Å²) in [4.78, 5) is 0. The smallest absolute Gasteiger partial charge is 1.00 e. The van der Waals surface area contributed by atoms with Crippen molar-refractivity contribution in [3.05, 3.63) is 0 Å². The molecule has 0 aliphatic carbocycles. The second-order valence-electron chi connectivity index (χ2n) is 0. The fraction of sp³-hybridized carbons (Fsp3) is 0. The van der Waals surface area contributed by atoms with Gasteiger partial charge in [-0.15, -0.1) is 0 Å². The molecule has 2 radical (unpaired) electrons. The van der Waals surface area contributed by atoms with E-state index in [0.717, 1.165) is 0 Å². The summed E-state index contributed by atoms with van der Waals surface area (Å²) in [7, 11) is 0. The van der Waals surface area contributed by atoms with E-state index in [1.54, 1.807) is 0 Å². The molecular formula is H7AlMgO2. The first-order valence-electron chi connectivity index (χ1n) is 0. The molecule has 2 nitrogen and oxygen atoms in total. The van der Waals surface area contributed by atoms with E-state index >= 15 is 0 Å². The summed E-state index contributed by atoms with van der Waals surface area (Å²) in [5.41, 5.74) is 0. The Hall–Kier alpha value is 1.22. The van der Waals surface area contributed by atoms with Crippen LogP contribution in [0, 0.1) is 0 Å². The van der Waals surface area contributed by atoms with Gasteiger partial charge < -0.3 is 13.8 Å². The van der Waals surface area contributed by atoms with Crippen molar-refractivity contribution in [3.63, 3.8) is 0 Å². The minimum absolute atomic E-state index is 0. The summed E-state index contributed by atoms with van der Waals surface area (Å²) in [6.45, 7) is 0. The predicted octanol–water partition coefficient (Wildman–Crippen LogP) is -2.45. The minimum atomic E-state index is 0. The number of hydrogen-bond donors (Lipinski definition) is 0. The zero-order valence-corrected chi connectivity index (χ0v) is 5.24. The third-order valence-corrected chi connectivity index (χ3v) is 0. The van der Waals surface area contributed by atoms with E-state index in [0.29, 0.717) is 0 Å². The van der Waals surface area contributed by atoms with Crippen molar-refractivity contribution in [1.29, 1.82) is 0 Å². The summed E-state index contributed by atoms with van der Waals surface area (Å²) in [6.07, 6.45) is 0. The average Bonchev–Trinajstić information content (AvgIpc) is 0. The second-order valence-corrected chi connectivity index (χ2v) is 0. The molecule has 0 saturated heterocycles. The fourth-order valence-electron chi connectivity index (χ4n) is 0. The van der Waals surface area contributed by atoms with Crippen LogP contribution in [-0.2, 0) is 0 Å². The van der Waals surface area contributed by atoms with Crippen molar-refractivity contribution in [1.82, 2.24) is 0 Å². The Balaban J connectivity index is 0. The van der Waals surface area contributed by atoms with E-state index in [1.807, 2.05) is 0 Å². The molecule has 0 fully saturated rings. The van der Waals surface area contributed by atoms with E-state index in [1.165, 1.54) is 0 Å². The van der Waals surface area contributed by atoms with Crippen molar-refractivity contribution >= 4 is 40.4 Å². The SMILES string of the molecule is O.O.[AlH].[H-].[H-].[Mg+2]. The molecule has 4 N–H and O–H groups in total. The Morgan fingerprint density at radius 2 is 1.00 bits per heavy atom. The molecule has 0 aromatic carbocycles. The summed E-state index contributed by atoms with van der Waals surface area (Å²) in [6, 6.07) is 0. The predicted molar refractivity (Wildman–Crippen MR) is 22.4 cm³/mol. The molecule has 4 heteroatoms. The van der Waals surface area contributed by atoms with Crippen LogP contribution in [0.2, 0.25) is 0 Å². The van der Waals surface area contributed by atoms with E-state index in [2.05, 4.69) is 0 Å². The van der Waals surface area contributed by atoms with Gasteiger partial charge in [-0.05, 0) is 0 Å². The molecule has 0 saturated carbocycles. The number of rotatable bonds is 0. The molecular weight excluding hydrogens is 83.3 g/mol. The molecule has 0 aliphatic rings. The quantitative estimate of drug-likeness (QED) is 0.296. The summed E-state index contributed by atoms with van der Waals surface area (Å²) in [5.74, 6) is 0. The van der Waals surface area contributed by atoms with Gasteiger partial charge >= 0.3 is 23.1 Å². The van der Waals surface area contributed by atoms with Gasteiger partial charge in [-0.2, -0.15) is 0 Å². The van der Waals surface area contributed by atoms with Crippen molar-refractivity contribution in [2.45, 2.75) is 0 Å². The maximum atomic E-state index is 0. The van der Waals surface area contributed by atoms with Crippen LogP contribution in [-0.4, -0.2) is 51.4 Å². The normalized spacial score (nSPS) is 0. The van der Waals surface area contributed by atoms with Gasteiger partial charge in [-0.25, -0.2) is 0 Å². The van der Waals surface area contributed by atoms with Gasteiger partial charge in [0.1, 0.15) is 0 Å². The van der Waals surface area contributed by atoms with Crippen LogP contribution in [0.1, 0.15) is 2.85 Å². The minimum Gasteiger partial charge on any atom is -1.00 e. The maximum Gasteiger partial charge on any atom is 2.00 e. The monoisotopic (exact) mass is 90.0 g/mol. The van der Waals surface area contributed by atoms with Crippen LogP contribution < -0.4 is 0 Å². The van der Waals surface area contributed by atoms with Gasteiger partial charge in [0.25, 0.3) is 0 Å². The molecule has 0 bridgehead atoms. The molecule has 0 spiro atoms. The van der Waals surface area contributed by atoms with Crippen LogP contribution in [0.5, 0.6) is 0 Å². The Labute approximate surface area is 54.4 Å². The first-order chi connectivity index (χ1) is 0. The Bertz CT molecular complexity index is 11.5. The molecule has 0 aromatic rings. The zero-order chi connectivity index (χ0) is 0. The van der Waals surface area contributed by atoms with E-state index in [-0.39, 0.29) is 54.2 Å². The van der Waals surface area contributed by atoms with E-state index in [4.69, 9.17) is 0 Å². The van der Waals surface area contributed by atoms with Crippen LogP contribution in [0.4, 0.5) is 0 Å². The van der Waals surface area contributed by atoms with Crippen LogP contribution in [0.25, 0.3) is 0 Å². The number of hydrogen-bond acceptors (Lipinski definition) is 0. The Morgan fingerprint density at radius 3 is 1.00 bits per heavy atom. The van der Waals surface area contributed by atoms with Gasteiger partial charge in [0.15, 0.2) is 0 Å². The topological polar surface area (TPSA) is 63.0 Å². The molecule has 0 unspecified atom stereocenters. The molecule has 0 aliphatic heterocycles. The van der Waals surface area contributed by atoms with Crippen molar-refractivity contribution in [2.75, 3.05) is 0 Å². The van der Waals surface area contributed by atoms with Crippen molar-refractivity contribution in [2.24, 2.45) is 0 Å². The molecule has 0 heterocycles. The molecule has 0 aromatic heterocycles. The van der Waals surface area contributed by atoms with Crippen LogP contribution >= 0.6 is 0 Å². The fourth-order valence-corrected chi connectivity index (χ4v) is 0. The van der Waals surface area contributed by atoms with Crippen LogP contribution in [0.15, 0.2) is 0 Å². The van der Waals surface area contributed by atoms with E-state index < -0.39 is 0 Å². The first-order valence-corrected chi connectivity index (χ1v) is 0. The van der Waals surface area contributed by atoms with Crippen LogP contribution in [0.3, 0.4) is 0 Å². The maximum absolute atomic E-state index is 0. The average molecular weight is 90.3 g/mol. The molecule has 0 rings (SSSR count). The van der Waals surface area contributed by atoms with Gasteiger partial charge in [-0.1, -0.05) is 0 Å². The summed E-state index contributed by atoms with van der Waals surface area (Å²) < 4.78 is 0. The first kappa shape index (κ1) is 62.5. The van der Waals surface area contributed by atoms with Gasteiger partial charge in [0.05, 0.1) is 17.4 Å².